The van der Waals surface area contributed by atoms with Crippen molar-refractivity contribution >= 4 is 62.5 Å². The molecule has 0 bridgehead atoms. The van der Waals surface area contributed by atoms with Crippen LogP contribution in [0.2, 0.25) is 5.02 Å². The number of hydrogen-bond acceptors (Lipinski definition) is 8. The summed E-state index contributed by atoms with van der Waals surface area (Å²) in [5.74, 6) is -0.885. The minimum absolute atomic E-state index is 0.0436. The van der Waals surface area contributed by atoms with E-state index in [0.717, 1.165) is 5.71 Å². The summed E-state index contributed by atoms with van der Waals surface area (Å²) in [4.78, 5) is 25.1. The summed E-state index contributed by atoms with van der Waals surface area (Å²) < 4.78 is 13.6. The molecule has 9 nitrogen and oxygen atoms in total. The Labute approximate surface area is 191 Å². The van der Waals surface area contributed by atoms with Crippen LogP contribution in [0.3, 0.4) is 0 Å². The Hall–Kier alpha value is -4.05. The Bertz CT molecular complexity index is 1460. The number of aromatic carboxylic acids is 1. The number of hydrazone groups is 1. The second-order valence-electron chi connectivity index (χ2n) is 7.58. The van der Waals surface area contributed by atoms with Crippen LogP contribution in [0.4, 0.5) is 21.8 Å². The molecule has 11 heteroatoms. The molecule has 33 heavy (non-hydrogen) atoms. The first kappa shape index (κ1) is 20.8. The maximum Gasteiger partial charge on any atom is 0.335 e. The summed E-state index contributed by atoms with van der Waals surface area (Å²) in [6.45, 7) is 1.92. The molecule has 0 saturated heterocycles. The molecule has 166 valence electrons. The third-order valence-electron chi connectivity index (χ3n) is 5.18. The van der Waals surface area contributed by atoms with Crippen molar-refractivity contribution in [2.45, 2.75) is 19.5 Å². The van der Waals surface area contributed by atoms with Gasteiger partial charge in [0, 0.05) is 34.8 Å². The molecule has 0 fully saturated rings. The first-order chi connectivity index (χ1) is 15.9. The lowest BCUT2D eigenvalue weighted by Gasteiger charge is -2.15. The summed E-state index contributed by atoms with van der Waals surface area (Å²) in [5, 5.41) is 21.2. The zero-order chi connectivity index (χ0) is 23.1. The minimum atomic E-state index is -1.06. The van der Waals surface area contributed by atoms with E-state index < -0.39 is 11.8 Å². The Morgan fingerprint density at radius 3 is 2.79 bits per heavy atom. The molecule has 4 N–H and O–H groups in total. The number of hydrogen-bond donors (Lipinski definition) is 4. The zero-order valence-electron chi connectivity index (χ0n) is 17.2. The van der Waals surface area contributed by atoms with Gasteiger partial charge in [0.15, 0.2) is 5.82 Å². The molecule has 1 unspecified atom stereocenters. The Kier molecular flexibility index (Phi) is 5.14. The van der Waals surface area contributed by atoms with Gasteiger partial charge >= 0.3 is 5.97 Å². The first-order valence-electron chi connectivity index (χ1n) is 9.98. The number of carboxylic acids is 1. The quantitative estimate of drug-likeness (QED) is 0.317. The minimum Gasteiger partial charge on any atom is -0.478 e. The van der Waals surface area contributed by atoms with Crippen LogP contribution >= 0.6 is 11.6 Å². The SMILES string of the molecule is CC1=NNC(Nc2ncc3c(n2)c(Nc2ccc(F)c(Cl)c2)nc2cc(C(=O)O)ccc23)C1. The predicted octanol–water partition coefficient (Wildman–Crippen LogP) is 4.52. The van der Waals surface area contributed by atoms with Gasteiger partial charge in [0.25, 0.3) is 0 Å². The number of carbonyl (C=O) groups is 1. The highest BCUT2D eigenvalue weighted by atomic mass is 35.5. The highest BCUT2D eigenvalue weighted by Crippen LogP contribution is 2.31. The predicted molar refractivity (Wildman–Crippen MR) is 125 cm³/mol. The number of carboxylic acid groups (broad SMARTS) is 1. The van der Waals surface area contributed by atoms with Gasteiger partial charge in [-0.15, -0.1) is 0 Å². The van der Waals surface area contributed by atoms with Gasteiger partial charge in [-0.3, -0.25) is 5.43 Å². The van der Waals surface area contributed by atoms with Crippen molar-refractivity contribution in [1.82, 2.24) is 20.4 Å². The number of pyridine rings is 1. The van der Waals surface area contributed by atoms with Gasteiger partial charge in [-0.1, -0.05) is 17.7 Å². The Balaban J connectivity index is 1.64. The Morgan fingerprint density at radius 2 is 2.06 bits per heavy atom. The Morgan fingerprint density at radius 1 is 1.21 bits per heavy atom. The normalized spacial score (nSPS) is 15.4. The maximum absolute atomic E-state index is 13.6. The fraction of sp³-hybridized carbons (Fsp3) is 0.136. The van der Waals surface area contributed by atoms with Crippen molar-refractivity contribution in [3.05, 3.63) is 59.0 Å². The molecule has 0 radical (unpaired) electrons. The fourth-order valence-corrected chi connectivity index (χ4v) is 3.78. The molecule has 0 amide bonds. The van der Waals surface area contributed by atoms with Gasteiger partial charge in [0.1, 0.15) is 17.5 Å². The topological polar surface area (TPSA) is 124 Å². The van der Waals surface area contributed by atoms with Gasteiger partial charge in [-0.25, -0.2) is 24.1 Å². The highest BCUT2D eigenvalue weighted by Gasteiger charge is 2.18. The molecule has 3 heterocycles. The molecule has 5 rings (SSSR count). The molecule has 0 aliphatic carbocycles. The van der Waals surface area contributed by atoms with Gasteiger partial charge in [-0.05, 0) is 37.3 Å². The maximum atomic E-state index is 13.6. The van der Waals surface area contributed by atoms with Crippen molar-refractivity contribution in [2.75, 3.05) is 10.6 Å². The van der Waals surface area contributed by atoms with Crippen LogP contribution in [0, 0.1) is 5.82 Å². The van der Waals surface area contributed by atoms with E-state index in [0.29, 0.717) is 45.7 Å². The standard InChI is InChI=1S/C22H17ClFN7O2/c1-10-6-18(31-30-10)28-22-25-9-14-13-4-2-11(21(32)33)7-17(13)27-20(19(14)29-22)26-12-3-5-16(24)15(23)8-12/h2-5,7-9,18,31H,6H2,1H3,(H,26,27)(H,32,33)(H,25,28,29). The fourth-order valence-electron chi connectivity index (χ4n) is 3.60. The number of aromatic nitrogens is 3. The average Bonchev–Trinajstić information content (AvgIpc) is 3.20. The van der Waals surface area contributed by atoms with E-state index in [9.17, 15) is 14.3 Å². The monoisotopic (exact) mass is 465 g/mol. The lowest BCUT2D eigenvalue weighted by Crippen LogP contribution is -2.29. The second-order valence-corrected chi connectivity index (χ2v) is 7.99. The lowest BCUT2D eigenvalue weighted by molar-refractivity contribution is 0.0697. The van der Waals surface area contributed by atoms with E-state index in [1.54, 1.807) is 12.3 Å². The van der Waals surface area contributed by atoms with Crippen molar-refractivity contribution in [3.8, 4) is 0 Å². The van der Waals surface area contributed by atoms with Gasteiger partial charge in [-0.2, -0.15) is 5.10 Å². The van der Waals surface area contributed by atoms with Gasteiger partial charge in [0.2, 0.25) is 5.95 Å². The smallest absolute Gasteiger partial charge is 0.335 e. The number of anilines is 3. The first-order valence-corrected chi connectivity index (χ1v) is 10.4. The third-order valence-corrected chi connectivity index (χ3v) is 5.47. The highest BCUT2D eigenvalue weighted by molar-refractivity contribution is 6.31. The number of rotatable bonds is 5. The molecule has 4 aromatic rings. The summed E-state index contributed by atoms with van der Waals surface area (Å²) in [5.41, 5.74) is 5.49. The van der Waals surface area contributed by atoms with E-state index in [4.69, 9.17) is 11.6 Å². The third kappa shape index (κ3) is 4.08. The summed E-state index contributed by atoms with van der Waals surface area (Å²) >= 11 is 5.93. The van der Waals surface area contributed by atoms with E-state index in [-0.39, 0.29) is 16.8 Å². The largest absolute Gasteiger partial charge is 0.478 e. The van der Waals surface area contributed by atoms with Crippen molar-refractivity contribution < 1.29 is 14.3 Å². The van der Waals surface area contributed by atoms with Gasteiger partial charge < -0.3 is 15.7 Å². The average molecular weight is 466 g/mol. The molecule has 0 spiro atoms. The molecule has 0 saturated carbocycles. The van der Waals surface area contributed by atoms with Crippen LogP contribution in [0.5, 0.6) is 0 Å². The van der Waals surface area contributed by atoms with E-state index in [2.05, 4.69) is 36.1 Å². The van der Waals surface area contributed by atoms with Crippen molar-refractivity contribution in [2.24, 2.45) is 5.10 Å². The second kappa shape index (κ2) is 8.14. The van der Waals surface area contributed by atoms with E-state index in [1.165, 1.54) is 30.3 Å². The molecule has 1 aliphatic heterocycles. The summed E-state index contributed by atoms with van der Waals surface area (Å²) in [6.07, 6.45) is 2.22. The molecular formula is C22H17ClFN7O2. The number of benzene rings is 2. The van der Waals surface area contributed by atoms with Crippen LogP contribution < -0.4 is 16.1 Å². The van der Waals surface area contributed by atoms with Crippen LogP contribution in [-0.4, -0.2) is 37.9 Å². The molecule has 1 aliphatic rings. The molecule has 2 aromatic heterocycles. The van der Waals surface area contributed by atoms with Crippen LogP contribution in [0.25, 0.3) is 21.8 Å². The lowest BCUT2D eigenvalue weighted by atomic mass is 10.1. The van der Waals surface area contributed by atoms with Crippen LogP contribution in [-0.2, 0) is 0 Å². The summed E-state index contributed by atoms with van der Waals surface area (Å²) in [6, 6.07) is 8.87. The molecule has 2 aromatic carbocycles. The summed E-state index contributed by atoms with van der Waals surface area (Å²) in [7, 11) is 0. The van der Waals surface area contributed by atoms with Crippen molar-refractivity contribution in [1.29, 1.82) is 0 Å². The molecular weight excluding hydrogens is 449 g/mol. The number of nitrogens with one attached hydrogen (secondary N) is 3. The van der Waals surface area contributed by atoms with E-state index >= 15 is 0 Å². The zero-order valence-corrected chi connectivity index (χ0v) is 18.0. The van der Waals surface area contributed by atoms with E-state index in [1.807, 2.05) is 6.92 Å². The number of nitrogens with zero attached hydrogens (tertiary/aromatic N) is 4. The van der Waals surface area contributed by atoms with Crippen molar-refractivity contribution in [3.63, 3.8) is 0 Å². The van der Waals surface area contributed by atoms with Gasteiger partial charge in [0.05, 0.1) is 16.1 Å². The molecule has 1 atom stereocenters. The van der Waals surface area contributed by atoms with Crippen LogP contribution in [0.1, 0.15) is 23.7 Å². The number of halogens is 2. The number of fused-ring (bicyclic) bond motifs is 3. The van der Waals surface area contributed by atoms with Crippen LogP contribution in [0.15, 0.2) is 47.7 Å².